The van der Waals surface area contributed by atoms with Gasteiger partial charge in [0.15, 0.2) is 0 Å². The van der Waals surface area contributed by atoms with Crippen LogP contribution in [0.3, 0.4) is 0 Å². The lowest BCUT2D eigenvalue weighted by molar-refractivity contribution is -0.0146. The summed E-state index contributed by atoms with van der Waals surface area (Å²) in [7, 11) is 0. The van der Waals surface area contributed by atoms with Crippen molar-refractivity contribution in [1.82, 2.24) is 0 Å². The van der Waals surface area contributed by atoms with Crippen LogP contribution in [0.4, 0.5) is 0 Å². The standard InChI is InChI=1S/C8H13N/c1-6(2)9-8-3-7(4-8)5-8/h7H,3-5H2,1-2H3. The monoisotopic (exact) mass is 123 g/mol. The highest BCUT2D eigenvalue weighted by molar-refractivity contribution is 5.79. The maximum absolute atomic E-state index is 4.60. The molecule has 3 aliphatic rings. The molecule has 0 aromatic carbocycles. The molecule has 0 atom stereocenters. The summed E-state index contributed by atoms with van der Waals surface area (Å²) in [6.45, 7) is 4.20. The first kappa shape index (κ1) is 5.45. The van der Waals surface area contributed by atoms with Crippen molar-refractivity contribution in [2.45, 2.75) is 38.6 Å². The Balaban J connectivity index is 2.06. The van der Waals surface area contributed by atoms with Gasteiger partial charge in [-0.2, -0.15) is 0 Å². The van der Waals surface area contributed by atoms with E-state index in [9.17, 15) is 0 Å². The van der Waals surface area contributed by atoms with Gasteiger partial charge in [0.1, 0.15) is 0 Å². The van der Waals surface area contributed by atoms with Crippen LogP contribution in [-0.2, 0) is 0 Å². The lowest BCUT2D eigenvalue weighted by Gasteiger charge is -2.59. The van der Waals surface area contributed by atoms with Crippen LogP contribution in [0.15, 0.2) is 4.99 Å². The van der Waals surface area contributed by atoms with E-state index in [1.165, 1.54) is 25.0 Å². The molecule has 3 rings (SSSR count). The van der Waals surface area contributed by atoms with Crippen LogP contribution in [0.5, 0.6) is 0 Å². The maximum Gasteiger partial charge on any atom is 0.0615 e. The third kappa shape index (κ3) is 0.637. The molecule has 2 bridgehead atoms. The highest BCUT2D eigenvalue weighted by Gasteiger charge is 2.56. The van der Waals surface area contributed by atoms with E-state index >= 15 is 0 Å². The highest BCUT2D eigenvalue weighted by Crippen LogP contribution is 2.59. The number of nitrogens with zero attached hydrogens (tertiary/aromatic N) is 1. The zero-order chi connectivity index (χ0) is 6.48. The summed E-state index contributed by atoms with van der Waals surface area (Å²) in [6, 6.07) is 0. The van der Waals surface area contributed by atoms with Gasteiger partial charge in [-0.25, -0.2) is 0 Å². The van der Waals surface area contributed by atoms with Crippen molar-refractivity contribution >= 4 is 5.71 Å². The van der Waals surface area contributed by atoms with Crippen LogP contribution in [0.2, 0.25) is 0 Å². The minimum atomic E-state index is 0.476. The van der Waals surface area contributed by atoms with Gasteiger partial charge in [0.2, 0.25) is 0 Å². The fourth-order valence-electron chi connectivity index (χ4n) is 2.04. The lowest BCUT2D eigenvalue weighted by Crippen LogP contribution is -2.56. The molecule has 1 nitrogen and oxygen atoms in total. The van der Waals surface area contributed by atoms with Crippen LogP contribution in [0.25, 0.3) is 0 Å². The lowest BCUT2D eigenvalue weighted by atomic mass is 9.50. The van der Waals surface area contributed by atoms with Gasteiger partial charge in [-0.1, -0.05) is 0 Å². The van der Waals surface area contributed by atoms with Gasteiger partial charge in [-0.15, -0.1) is 0 Å². The van der Waals surface area contributed by atoms with Crippen LogP contribution < -0.4 is 0 Å². The van der Waals surface area contributed by atoms with Gasteiger partial charge in [0, 0.05) is 5.71 Å². The molecule has 0 spiro atoms. The smallest absolute Gasteiger partial charge is 0.0615 e. The molecule has 3 fully saturated rings. The molecule has 1 heteroatoms. The van der Waals surface area contributed by atoms with Gasteiger partial charge in [0.05, 0.1) is 5.54 Å². The molecule has 0 unspecified atom stereocenters. The molecule has 0 N–H and O–H groups in total. The Morgan fingerprint density at radius 1 is 1.33 bits per heavy atom. The van der Waals surface area contributed by atoms with Crippen molar-refractivity contribution in [3.8, 4) is 0 Å². The fraction of sp³-hybridized carbons (Fsp3) is 0.875. The third-order valence-electron chi connectivity index (χ3n) is 2.47. The second-order valence-corrected chi connectivity index (χ2v) is 3.76. The summed E-state index contributed by atoms with van der Waals surface area (Å²) in [4.78, 5) is 4.60. The Morgan fingerprint density at radius 2 is 1.89 bits per heavy atom. The van der Waals surface area contributed by atoms with Gasteiger partial charge in [0.25, 0.3) is 0 Å². The second-order valence-electron chi connectivity index (χ2n) is 3.76. The average molecular weight is 123 g/mol. The average Bonchev–Trinajstić information content (AvgIpc) is 1.50. The summed E-state index contributed by atoms with van der Waals surface area (Å²) in [5, 5.41) is 0. The summed E-state index contributed by atoms with van der Waals surface area (Å²) >= 11 is 0. The van der Waals surface area contributed by atoms with Gasteiger partial charge in [-0.05, 0) is 39.0 Å². The molecular weight excluding hydrogens is 110 g/mol. The third-order valence-corrected chi connectivity index (χ3v) is 2.47. The molecule has 0 heterocycles. The van der Waals surface area contributed by atoms with Crippen LogP contribution >= 0.6 is 0 Å². The first-order valence-electron chi connectivity index (χ1n) is 3.73. The van der Waals surface area contributed by atoms with Crippen molar-refractivity contribution in [3.05, 3.63) is 0 Å². The minimum absolute atomic E-state index is 0.476. The Labute approximate surface area is 56.2 Å². The van der Waals surface area contributed by atoms with Crippen molar-refractivity contribution in [2.24, 2.45) is 10.9 Å². The molecule has 0 aromatic rings. The normalized spacial score (nSPS) is 44.9. The van der Waals surface area contributed by atoms with Crippen LogP contribution in [0.1, 0.15) is 33.1 Å². The Bertz CT molecular complexity index is 148. The predicted molar refractivity (Wildman–Crippen MR) is 38.9 cm³/mol. The molecule has 9 heavy (non-hydrogen) atoms. The second kappa shape index (κ2) is 1.39. The number of hydrogen-bond acceptors (Lipinski definition) is 1. The van der Waals surface area contributed by atoms with Gasteiger partial charge in [-0.3, -0.25) is 4.99 Å². The zero-order valence-electron chi connectivity index (χ0n) is 6.15. The van der Waals surface area contributed by atoms with E-state index in [1.807, 2.05) is 0 Å². The van der Waals surface area contributed by atoms with E-state index in [2.05, 4.69) is 18.8 Å². The SMILES string of the molecule is CC(C)=NC12CC(C1)C2. The minimum Gasteiger partial charge on any atom is -0.288 e. The topological polar surface area (TPSA) is 12.4 Å². The first-order valence-corrected chi connectivity index (χ1v) is 3.73. The van der Waals surface area contributed by atoms with Gasteiger partial charge < -0.3 is 0 Å². The van der Waals surface area contributed by atoms with Gasteiger partial charge >= 0.3 is 0 Å². The first-order chi connectivity index (χ1) is 4.20. The van der Waals surface area contributed by atoms with E-state index in [0.29, 0.717) is 5.54 Å². The summed E-state index contributed by atoms with van der Waals surface area (Å²) in [5.41, 5.74) is 1.73. The molecule has 50 valence electrons. The summed E-state index contributed by atoms with van der Waals surface area (Å²) < 4.78 is 0. The van der Waals surface area contributed by atoms with Crippen molar-refractivity contribution < 1.29 is 0 Å². The molecule has 0 amide bonds. The number of hydrogen-bond donors (Lipinski definition) is 0. The summed E-state index contributed by atoms with van der Waals surface area (Å²) in [6.07, 6.45) is 4.16. The predicted octanol–water partition coefficient (Wildman–Crippen LogP) is 2.02. The van der Waals surface area contributed by atoms with Crippen molar-refractivity contribution in [2.75, 3.05) is 0 Å². The maximum atomic E-state index is 4.60. The van der Waals surface area contributed by atoms with Crippen molar-refractivity contribution in [3.63, 3.8) is 0 Å². The Morgan fingerprint density at radius 3 is 2.00 bits per heavy atom. The molecular formula is C8H13N. The zero-order valence-corrected chi connectivity index (χ0v) is 6.15. The highest BCUT2D eigenvalue weighted by atomic mass is 15.0. The van der Waals surface area contributed by atoms with E-state index < -0.39 is 0 Å². The van der Waals surface area contributed by atoms with Crippen LogP contribution in [-0.4, -0.2) is 11.3 Å². The van der Waals surface area contributed by atoms with E-state index in [0.717, 1.165) is 5.92 Å². The molecule has 0 aliphatic heterocycles. The van der Waals surface area contributed by atoms with Crippen LogP contribution in [0, 0.1) is 5.92 Å². The van der Waals surface area contributed by atoms with E-state index in [1.54, 1.807) is 0 Å². The van der Waals surface area contributed by atoms with E-state index in [-0.39, 0.29) is 0 Å². The number of rotatable bonds is 1. The van der Waals surface area contributed by atoms with Crippen molar-refractivity contribution in [1.29, 1.82) is 0 Å². The quantitative estimate of drug-likeness (QED) is 0.473. The fourth-order valence-corrected chi connectivity index (χ4v) is 2.04. The van der Waals surface area contributed by atoms with E-state index in [4.69, 9.17) is 0 Å². The summed E-state index contributed by atoms with van der Waals surface area (Å²) in [5.74, 6) is 1.06. The molecule has 3 aliphatic carbocycles. The Kier molecular flexibility index (Phi) is 0.842. The molecule has 0 aromatic heterocycles. The molecule has 0 saturated heterocycles. The number of aliphatic imine (C=N–C) groups is 1. The Hall–Kier alpha value is -0.330. The largest absolute Gasteiger partial charge is 0.288 e. The molecule has 3 saturated carbocycles. The molecule has 0 radical (unpaired) electrons.